The zero-order chi connectivity index (χ0) is 23.5. The van der Waals surface area contributed by atoms with Crippen molar-refractivity contribution in [3.63, 3.8) is 0 Å². The summed E-state index contributed by atoms with van der Waals surface area (Å²) < 4.78 is 3.68. The van der Waals surface area contributed by atoms with Gasteiger partial charge < -0.3 is 14.8 Å². The Morgan fingerprint density at radius 2 is 1.71 bits per heavy atom. The molecule has 3 heterocycles. The van der Waals surface area contributed by atoms with Crippen LogP contribution in [0, 0.1) is 12.8 Å². The maximum atomic E-state index is 13.7. The molecule has 0 unspecified atom stereocenters. The van der Waals surface area contributed by atoms with Crippen LogP contribution in [0.5, 0.6) is 0 Å². The van der Waals surface area contributed by atoms with Gasteiger partial charge in [0.15, 0.2) is 5.82 Å². The van der Waals surface area contributed by atoms with Crippen LogP contribution in [0.1, 0.15) is 28.8 Å². The van der Waals surface area contributed by atoms with E-state index in [0.717, 1.165) is 29.8 Å². The van der Waals surface area contributed by atoms with Crippen LogP contribution >= 0.6 is 0 Å². The predicted molar refractivity (Wildman–Crippen MR) is 131 cm³/mol. The van der Waals surface area contributed by atoms with Gasteiger partial charge >= 0.3 is 0 Å². The summed E-state index contributed by atoms with van der Waals surface area (Å²) in [4.78, 5) is 28.4. The van der Waals surface area contributed by atoms with E-state index < -0.39 is 0 Å². The van der Waals surface area contributed by atoms with Crippen LogP contribution in [0.25, 0.3) is 11.5 Å². The van der Waals surface area contributed by atoms with Gasteiger partial charge in [0.1, 0.15) is 5.56 Å². The van der Waals surface area contributed by atoms with Gasteiger partial charge in [0.05, 0.1) is 17.8 Å². The minimum atomic E-state index is -0.252. The highest BCUT2D eigenvalue weighted by atomic mass is 16.2. The van der Waals surface area contributed by atoms with Gasteiger partial charge in [-0.15, -0.1) is 0 Å². The first-order chi connectivity index (χ1) is 16.6. The number of nitrogens with zero attached hydrogens (tertiary/aromatic N) is 4. The van der Waals surface area contributed by atoms with Gasteiger partial charge in [0, 0.05) is 31.2 Å². The molecular weight excluding hydrogens is 426 g/mol. The Bertz CT molecular complexity index is 1280. The number of piperidine rings is 1. The van der Waals surface area contributed by atoms with Gasteiger partial charge in [-0.1, -0.05) is 35.9 Å². The van der Waals surface area contributed by atoms with Crippen molar-refractivity contribution in [1.82, 2.24) is 19.2 Å². The number of benzene rings is 2. The van der Waals surface area contributed by atoms with Crippen molar-refractivity contribution >= 4 is 17.5 Å². The molecule has 1 atom stereocenters. The standard InChI is InChI=1S/C27H27N5O2/c1-20-11-13-22(14-12-20)29-25(33)21-8-7-17-31(19-21)27(34)24-18-28-32(23-9-3-2-4-10-23)26(24)30-15-5-6-16-30/h2-6,9-16,18,21H,7-8,17,19H2,1H3,(H,29,33)/t21-/m0/s1. The lowest BCUT2D eigenvalue weighted by Crippen LogP contribution is -2.44. The molecule has 2 amide bonds. The van der Waals surface area contributed by atoms with E-state index in [1.165, 1.54) is 0 Å². The molecule has 5 rings (SSSR count). The number of aromatic nitrogens is 3. The molecule has 0 bridgehead atoms. The number of hydrogen-bond donors (Lipinski definition) is 1. The summed E-state index contributed by atoms with van der Waals surface area (Å²) in [6.07, 6.45) is 6.97. The Morgan fingerprint density at radius 3 is 2.44 bits per heavy atom. The summed E-state index contributed by atoms with van der Waals surface area (Å²) in [5.74, 6) is 0.274. The van der Waals surface area contributed by atoms with E-state index in [0.29, 0.717) is 24.5 Å². The number of carbonyl (C=O) groups is 2. The summed E-state index contributed by atoms with van der Waals surface area (Å²) >= 11 is 0. The predicted octanol–water partition coefficient (Wildman–Crippen LogP) is 4.46. The van der Waals surface area contributed by atoms with Crippen molar-refractivity contribution in [1.29, 1.82) is 0 Å². The van der Waals surface area contributed by atoms with Crippen LogP contribution < -0.4 is 5.32 Å². The number of anilines is 1. The molecule has 172 valence electrons. The van der Waals surface area contributed by atoms with Crippen molar-refractivity contribution in [3.8, 4) is 11.5 Å². The molecule has 1 aliphatic rings. The summed E-state index contributed by atoms with van der Waals surface area (Å²) in [6, 6.07) is 21.3. The van der Waals surface area contributed by atoms with Crippen LogP contribution in [-0.4, -0.2) is 44.2 Å². The molecule has 2 aromatic heterocycles. The molecule has 1 aliphatic heterocycles. The van der Waals surface area contributed by atoms with E-state index in [4.69, 9.17) is 0 Å². The fourth-order valence-electron chi connectivity index (χ4n) is 4.40. The van der Waals surface area contributed by atoms with Crippen LogP contribution in [0.15, 0.2) is 85.3 Å². The van der Waals surface area contributed by atoms with Crippen molar-refractivity contribution < 1.29 is 9.59 Å². The topological polar surface area (TPSA) is 72.2 Å². The van der Waals surface area contributed by atoms with E-state index in [2.05, 4.69) is 10.4 Å². The minimum absolute atomic E-state index is 0.0491. The Labute approximate surface area is 198 Å². The summed E-state index contributed by atoms with van der Waals surface area (Å²) in [6.45, 7) is 3.02. The van der Waals surface area contributed by atoms with Crippen molar-refractivity contribution in [2.75, 3.05) is 18.4 Å². The molecule has 0 radical (unpaired) electrons. The SMILES string of the molecule is Cc1ccc(NC(=O)[C@H]2CCCN(C(=O)c3cnn(-c4ccccc4)c3-n3cccc3)C2)cc1. The van der Waals surface area contributed by atoms with Gasteiger partial charge in [-0.3, -0.25) is 9.59 Å². The molecule has 2 aromatic carbocycles. The van der Waals surface area contributed by atoms with Crippen LogP contribution in [0.3, 0.4) is 0 Å². The van der Waals surface area contributed by atoms with Crippen LogP contribution in [0.4, 0.5) is 5.69 Å². The molecule has 4 aromatic rings. The Balaban J connectivity index is 1.38. The first-order valence-corrected chi connectivity index (χ1v) is 11.5. The summed E-state index contributed by atoms with van der Waals surface area (Å²) in [5.41, 5.74) is 3.30. The molecule has 7 nitrogen and oxygen atoms in total. The number of rotatable bonds is 5. The second-order valence-electron chi connectivity index (χ2n) is 8.67. The highest BCUT2D eigenvalue weighted by Gasteiger charge is 2.31. The third kappa shape index (κ3) is 4.37. The quantitative estimate of drug-likeness (QED) is 0.485. The number of aryl methyl sites for hydroxylation is 1. The molecule has 1 N–H and O–H groups in total. The highest BCUT2D eigenvalue weighted by molar-refractivity contribution is 5.98. The third-order valence-corrected chi connectivity index (χ3v) is 6.22. The normalized spacial score (nSPS) is 15.8. The molecule has 0 spiro atoms. The molecule has 7 heteroatoms. The van der Waals surface area contributed by atoms with Crippen molar-refractivity contribution in [2.45, 2.75) is 19.8 Å². The lowest BCUT2D eigenvalue weighted by molar-refractivity contribution is -0.121. The number of carbonyl (C=O) groups excluding carboxylic acids is 2. The van der Waals surface area contributed by atoms with E-state index in [-0.39, 0.29) is 17.7 Å². The van der Waals surface area contributed by atoms with Crippen LogP contribution in [-0.2, 0) is 4.79 Å². The number of amides is 2. The highest BCUT2D eigenvalue weighted by Crippen LogP contribution is 2.25. The van der Waals surface area contributed by atoms with Crippen LogP contribution in [0.2, 0.25) is 0 Å². The molecular formula is C27H27N5O2. The number of likely N-dealkylation sites (tertiary alicyclic amines) is 1. The monoisotopic (exact) mass is 453 g/mol. The number of hydrogen-bond acceptors (Lipinski definition) is 3. The van der Waals surface area contributed by atoms with Gasteiger partial charge in [-0.05, 0) is 56.2 Å². The molecule has 0 saturated carbocycles. The number of nitrogens with one attached hydrogen (secondary N) is 1. The summed E-state index contributed by atoms with van der Waals surface area (Å²) in [5, 5.41) is 7.54. The molecule has 34 heavy (non-hydrogen) atoms. The Kier molecular flexibility index (Phi) is 5.99. The Morgan fingerprint density at radius 1 is 0.971 bits per heavy atom. The molecule has 1 fully saturated rings. The number of para-hydroxylation sites is 1. The first kappa shape index (κ1) is 21.7. The zero-order valence-corrected chi connectivity index (χ0v) is 19.1. The summed E-state index contributed by atoms with van der Waals surface area (Å²) in [7, 11) is 0. The van der Waals surface area contributed by atoms with E-state index in [1.807, 2.05) is 90.6 Å². The van der Waals surface area contributed by atoms with Gasteiger partial charge in [-0.25, -0.2) is 4.68 Å². The fraction of sp³-hybridized carbons (Fsp3) is 0.222. The second kappa shape index (κ2) is 9.39. The van der Waals surface area contributed by atoms with Crippen molar-refractivity contribution in [2.24, 2.45) is 5.92 Å². The average molecular weight is 454 g/mol. The molecule has 0 aliphatic carbocycles. The van der Waals surface area contributed by atoms with E-state index >= 15 is 0 Å². The average Bonchev–Trinajstić information content (AvgIpc) is 3.55. The second-order valence-corrected chi connectivity index (χ2v) is 8.67. The zero-order valence-electron chi connectivity index (χ0n) is 19.1. The fourth-order valence-corrected chi connectivity index (χ4v) is 4.40. The minimum Gasteiger partial charge on any atom is -0.338 e. The smallest absolute Gasteiger partial charge is 0.259 e. The lowest BCUT2D eigenvalue weighted by Gasteiger charge is -2.32. The third-order valence-electron chi connectivity index (χ3n) is 6.22. The van der Waals surface area contributed by atoms with E-state index in [1.54, 1.807) is 15.8 Å². The first-order valence-electron chi connectivity index (χ1n) is 11.5. The van der Waals surface area contributed by atoms with Gasteiger partial charge in [-0.2, -0.15) is 5.10 Å². The van der Waals surface area contributed by atoms with Crippen molar-refractivity contribution in [3.05, 3.63) is 96.4 Å². The lowest BCUT2D eigenvalue weighted by atomic mass is 9.96. The largest absolute Gasteiger partial charge is 0.338 e. The molecule has 1 saturated heterocycles. The van der Waals surface area contributed by atoms with Gasteiger partial charge in [0.25, 0.3) is 5.91 Å². The van der Waals surface area contributed by atoms with Gasteiger partial charge in [0.2, 0.25) is 5.91 Å². The maximum Gasteiger partial charge on any atom is 0.259 e. The van der Waals surface area contributed by atoms with E-state index in [9.17, 15) is 9.59 Å². The Hall–Kier alpha value is -4.13. The maximum absolute atomic E-state index is 13.7.